The molecule has 4 nitrogen and oxygen atoms in total. The molecule has 11 heteroatoms. The molecule has 0 spiro atoms. The molecule has 0 fully saturated rings. The molecule has 2 aromatic rings. The molecule has 0 aromatic carbocycles. The van der Waals surface area contributed by atoms with E-state index in [9.17, 15) is 18.0 Å². The van der Waals surface area contributed by atoms with Crippen LogP contribution in [-0.4, -0.2) is 16.1 Å². The molecule has 0 aliphatic heterocycles. The van der Waals surface area contributed by atoms with Crippen LogP contribution in [0.2, 0.25) is 0 Å². The molecule has 0 aliphatic rings. The number of carbonyl (C=O) groups excluding carboxylic acids is 1. The zero-order valence-electron chi connectivity index (χ0n) is 8.59. The van der Waals surface area contributed by atoms with Crippen LogP contribution in [0.3, 0.4) is 0 Å². The van der Waals surface area contributed by atoms with Gasteiger partial charge in [0.05, 0.1) is 8.66 Å². The van der Waals surface area contributed by atoms with E-state index in [1.807, 2.05) is 0 Å². The summed E-state index contributed by atoms with van der Waals surface area (Å²) in [5, 5.41) is 7.21. The van der Waals surface area contributed by atoms with Gasteiger partial charge in [-0.15, -0.1) is 21.5 Å². The van der Waals surface area contributed by atoms with Crippen molar-refractivity contribution in [2.75, 3.05) is 5.32 Å². The maximum atomic E-state index is 12.3. The number of aromatic nitrogens is 2. The van der Waals surface area contributed by atoms with Crippen LogP contribution >= 0.6 is 54.5 Å². The number of carbonyl (C=O) groups is 1. The van der Waals surface area contributed by atoms with Gasteiger partial charge in [0.15, 0.2) is 0 Å². The van der Waals surface area contributed by atoms with E-state index in [1.54, 1.807) is 6.07 Å². The third-order valence-electron chi connectivity index (χ3n) is 1.76. The lowest BCUT2D eigenvalue weighted by atomic mass is 10.4. The topological polar surface area (TPSA) is 54.9 Å². The summed E-state index contributed by atoms with van der Waals surface area (Å²) in [5.41, 5.74) is 0. The van der Waals surface area contributed by atoms with Crippen LogP contribution in [0.5, 0.6) is 0 Å². The Morgan fingerprint density at radius 2 is 1.95 bits per heavy atom. The molecular formula is C8H2Br2F3N3OS2. The third-order valence-corrected chi connectivity index (χ3v) is 5.90. The lowest BCUT2D eigenvalue weighted by Crippen LogP contribution is -2.09. The second kappa shape index (κ2) is 5.46. The molecule has 0 unspecified atom stereocenters. The molecule has 2 aromatic heterocycles. The highest BCUT2D eigenvalue weighted by Crippen LogP contribution is 2.35. The Hall–Kier alpha value is -0.520. The van der Waals surface area contributed by atoms with Crippen molar-refractivity contribution in [3.8, 4) is 0 Å². The Morgan fingerprint density at radius 3 is 2.42 bits per heavy atom. The highest BCUT2D eigenvalue weighted by molar-refractivity contribution is 9.13. The predicted molar refractivity (Wildman–Crippen MR) is 72.6 cm³/mol. The van der Waals surface area contributed by atoms with Crippen LogP contribution in [0, 0.1) is 0 Å². The number of rotatable bonds is 2. The van der Waals surface area contributed by atoms with Crippen molar-refractivity contribution in [2.45, 2.75) is 6.18 Å². The number of amides is 1. The minimum atomic E-state index is -4.56. The van der Waals surface area contributed by atoms with E-state index in [-0.39, 0.29) is 16.5 Å². The van der Waals surface area contributed by atoms with E-state index in [4.69, 9.17) is 0 Å². The molecule has 0 saturated carbocycles. The molecule has 102 valence electrons. The standard InChI is InChI=1S/C8H2Br2F3N3OS2/c9-2-1-3(18-4(2)10)5(17)14-7-16-15-6(19-7)8(11,12)13/h1H,(H,14,16,17). The SMILES string of the molecule is O=C(Nc1nnc(C(F)(F)F)s1)c1cc(Br)c(Br)s1. The summed E-state index contributed by atoms with van der Waals surface area (Å²) in [6, 6.07) is 1.55. The second-order valence-corrected chi connectivity index (χ2v) is 7.30. The molecule has 0 aliphatic carbocycles. The first kappa shape index (κ1) is 14.9. The minimum absolute atomic E-state index is 0.196. The molecule has 0 atom stereocenters. The van der Waals surface area contributed by atoms with Crippen LogP contribution in [0.15, 0.2) is 14.3 Å². The summed E-state index contributed by atoms with van der Waals surface area (Å²) in [4.78, 5) is 12.1. The summed E-state index contributed by atoms with van der Waals surface area (Å²) < 4.78 is 38.3. The number of nitrogens with one attached hydrogen (secondary N) is 1. The van der Waals surface area contributed by atoms with E-state index < -0.39 is 17.1 Å². The van der Waals surface area contributed by atoms with Gasteiger partial charge >= 0.3 is 6.18 Å². The maximum absolute atomic E-state index is 12.3. The van der Waals surface area contributed by atoms with E-state index in [0.717, 1.165) is 11.3 Å². The van der Waals surface area contributed by atoms with E-state index in [0.29, 0.717) is 13.1 Å². The lowest BCUT2D eigenvalue weighted by Gasteiger charge is -1.98. The van der Waals surface area contributed by atoms with Gasteiger partial charge in [-0.1, -0.05) is 11.3 Å². The highest BCUT2D eigenvalue weighted by atomic mass is 79.9. The Morgan fingerprint density at radius 1 is 1.26 bits per heavy atom. The Labute approximate surface area is 129 Å². The monoisotopic (exact) mass is 435 g/mol. The van der Waals surface area contributed by atoms with Crippen molar-refractivity contribution in [1.29, 1.82) is 0 Å². The zero-order chi connectivity index (χ0) is 14.2. The number of anilines is 1. The first-order valence-corrected chi connectivity index (χ1v) is 7.66. The van der Waals surface area contributed by atoms with Crippen LogP contribution in [0.4, 0.5) is 18.3 Å². The first-order chi connectivity index (χ1) is 8.77. The number of hydrogen-bond donors (Lipinski definition) is 1. The second-order valence-electron chi connectivity index (χ2n) is 3.10. The van der Waals surface area contributed by atoms with Gasteiger partial charge in [-0.2, -0.15) is 13.2 Å². The molecule has 0 bridgehead atoms. The Bertz CT molecular complexity index is 606. The van der Waals surface area contributed by atoms with Gasteiger partial charge in [-0.25, -0.2) is 0 Å². The molecule has 19 heavy (non-hydrogen) atoms. The normalized spacial score (nSPS) is 11.6. The fourth-order valence-corrected chi connectivity index (χ4v) is 3.54. The van der Waals surface area contributed by atoms with Crippen molar-refractivity contribution in [3.05, 3.63) is 24.2 Å². The zero-order valence-corrected chi connectivity index (χ0v) is 13.4. The summed E-state index contributed by atoms with van der Waals surface area (Å²) in [7, 11) is 0. The summed E-state index contributed by atoms with van der Waals surface area (Å²) >= 11 is 7.85. The number of alkyl halides is 3. The van der Waals surface area contributed by atoms with Gasteiger partial charge in [-0.05, 0) is 37.9 Å². The maximum Gasteiger partial charge on any atom is 0.445 e. The van der Waals surface area contributed by atoms with Gasteiger partial charge < -0.3 is 0 Å². The van der Waals surface area contributed by atoms with Crippen LogP contribution in [-0.2, 0) is 6.18 Å². The smallest absolute Gasteiger partial charge is 0.296 e. The highest BCUT2D eigenvalue weighted by Gasteiger charge is 2.35. The summed E-state index contributed by atoms with van der Waals surface area (Å²) in [6.07, 6.45) is -4.56. The van der Waals surface area contributed by atoms with Gasteiger partial charge in [-0.3, -0.25) is 10.1 Å². The number of thiophene rings is 1. The number of halogens is 5. The van der Waals surface area contributed by atoms with Gasteiger partial charge in [0.25, 0.3) is 5.91 Å². The number of nitrogens with zero attached hydrogens (tertiary/aromatic N) is 2. The van der Waals surface area contributed by atoms with Crippen LogP contribution in [0.25, 0.3) is 0 Å². The lowest BCUT2D eigenvalue weighted by molar-refractivity contribution is -0.138. The van der Waals surface area contributed by atoms with E-state index >= 15 is 0 Å². The number of hydrogen-bond acceptors (Lipinski definition) is 5. The predicted octanol–water partition coefficient (Wildman–Crippen LogP) is 4.40. The van der Waals surface area contributed by atoms with Crippen molar-refractivity contribution in [3.63, 3.8) is 0 Å². The van der Waals surface area contributed by atoms with Gasteiger partial charge in [0.1, 0.15) is 0 Å². The molecule has 2 heterocycles. The average molecular weight is 437 g/mol. The molecule has 0 radical (unpaired) electrons. The van der Waals surface area contributed by atoms with E-state index in [1.165, 1.54) is 0 Å². The van der Waals surface area contributed by atoms with Crippen molar-refractivity contribution >= 4 is 65.6 Å². The van der Waals surface area contributed by atoms with Gasteiger partial charge in [0.2, 0.25) is 10.1 Å². The van der Waals surface area contributed by atoms with Gasteiger partial charge in [0, 0.05) is 4.47 Å². The minimum Gasteiger partial charge on any atom is -0.296 e. The fourth-order valence-electron chi connectivity index (χ4n) is 1.01. The molecular weight excluding hydrogens is 435 g/mol. The molecule has 0 saturated heterocycles. The molecule has 2 rings (SSSR count). The largest absolute Gasteiger partial charge is 0.445 e. The average Bonchev–Trinajstić information content (AvgIpc) is 2.86. The Kier molecular flexibility index (Phi) is 4.28. The van der Waals surface area contributed by atoms with E-state index in [2.05, 4.69) is 47.4 Å². The summed E-state index contributed by atoms with van der Waals surface area (Å²) in [5.74, 6) is -0.540. The summed E-state index contributed by atoms with van der Waals surface area (Å²) in [6.45, 7) is 0. The fraction of sp³-hybridized carbons (Fsp3) is 0.125. The van der Waals surface area contributed by atoms with Crippen LogP contribution in [0.1, 0.15) is 14.7 Å². The van der Waals surface area contributed by atoms with Crippen LogP contribution < -0.4 is 5.32 Å². The molecule has 1 amide bonds. The molecule has 1 N–H and O–H groups in total. The quantitative estimate of drug-likeness (QED) is 0.759. The Balaban J connectivity index is 2.13. The van der Waals surface area contributed by atoms with Crippen molar-refractivity contribution in [1.82, 2.24) is 10.2 Å². The first-order valence-electron chi connectivity index (χ1n) is 4.44. The van der Waals surface area contributed by atoms with Crippen molar-refractivity contribution < 1.29 is 18.0 Å². The van der Waals surface area contributed by atoms with Crippen molar-refractivity contribution in [2.24, 2.45) is 0 Å². The third kappa shape index (κ3) is 3.52.